The number of nitrogens with two attached hydrogens (primary N) is 1. The van der Waals surface area contributed by atoms with Crippen LogP contribution in [0.15, 0.2) is 35.2 Å². The maximum Gasteiger partial charge on any atom is 0.244 e. The van der Waals surface area contributed by atoms with E-state index >= 15 is 0 Å². The van der Waals surface area contributed by atoms with Crippen molar-refractivity contribution in [2.24, 2.45) is 5.73 Å². The summed E-state index contributed by atoms with van der Waals surface area (Å²) in [5.74, 6) is -0.490. The van der Waals surface area contributed by atoms with Crippen LogP contribution >= 0.6 is 24.2 Å². The largest absolute Gasteiger partial charge is 0.366 e. The van der Waals surface area contributed by atoms with Crippen LogP contribution in [0, 0.1) is 0 Å². The summed E-state index contributed by atoms with van der Waals surface area (Å²) in [5, 5.41) is 0.558. The van der Waals surface area contributed by atoms with Crippen molar-refractivity contribution in [1.82, 2.24) is 0 Å². The molecule has 74 valence electrons. The van der Waals surface area contributed by atoms with E-state index in [4.69, 9.17) is 17.3 Å². The van der Waals surface area contributed by atoms with E-state index in [1.807, 2.05) is 6.07 Å². The molecular formula is C10H10ClNOS. The Morgan fingerprint density at radius 3 is 2.71 bits per heavy atom. The average molecular weight is 228 g/mol. The first-order valence-corrected chi connectivity index (χ1v) is 4.78. The standard InChI is InChI=1S/C10H10ClNOS/c1-6(10(12)13)4-7-2-3-9(14)8(11)5-7/h2-3,5,14H,1,4H2,(H2,12,13). The molecule has 4 heteroatoms. The van der Waals surface area contributed by atoms with Crippen LogP contribution in [0.25, 0.3) is 0 Å². The van der Waals surface area contributed by atoms with Crippen LogP contribution in [0.5, 0.6) is 0 Å². The second kappa shape index (κ2) is 4.53. The highest BCUT2D eigenvalue weighted by Gasteiger charge is 2.04. The zero-order valence-electron chi connectivity index (χ0n) is 7.46. The topological polar surface area (TPSA) is 43.1 Å². The number of benzene rings is 1. The molecule has 1 aromatic rings. The molecule has 2 nitrogen and oxygen atoms in total. The predicted molar refractivity (Wildman–Crippen MR) is 60.7 cm³/mol. The van der Waals surface area contributed by atoms with Gasteiger partial charge < -0.3 is 5.73 Å². The smallest absolute Gasteiger partial charge is 0.244 e. The first-order valence-electron chi connectivity index (χ1n) is 3.95. The number of primary amides is 1. The number of halogens is 1. The third-order valence-corrected chi connectivity index (χ3v) is 2.61. The third kappa shape index (κ3) is 2.79. The molecule has 14 heavy (non-hydrogen) atoms. The van der Waals surface area contributed by atoms with Gasteiger partial charge in [-0.25, -0.2) is 0 Å². The summed E-state index contributed by atoms with van der Waals surface area (Å²) in [6, 6.07) is 5.36. The molecule has 0 unspecified atom stereocenters. The molecule has 0 fully saturated rings. The zero-order valence-corrected chi connectivity index (χ0v) is 9.11. The fraction of sp³-hybridized carbons (Fsp3) is 0.100. The van der Waals surface area contributed by atoms with Gasteiger partial charge in [-0.3, -0.25) is 4.79 Å². The molecule has 0 aliphatic rings. The van der Waals surface area contributed by atoms with Crippen LogP contribution in [-0.4, -0.2) is 5.91 Å². The molecule has 0 aliphatic carbocycles. The Labute approximate surface area is 93.2 Å². The number of amides is 1. The van der Waals surface area contributed by atoms with Gasteiger partial charge in [0.15, 0.2) is 0 Å². The average Bonchev–Trinajstić information content (AvgIpc) is 2.11. The number of thiol groups is 1. The van der Waals surface area contributed by atoms with E-state index in [9.17, 15) is 4.79 Å². The highest BCUT2D eigenvalue weighted by atomic mass is 35.5. The van der Waals surface area contributed by atoms with Crippen LogP contribution < -0.4 is 5.73 Å². The fourth-order valence-corrected chi connectivity index (χ4v) is 1.34. The Bertz CT molecular complexity index is 390. The lowest BCUT2D eigenvalue weighted by Crippen LogP contribution is -2.14. The van der Waals surface area contributed by atoms with E-state index in [-0.39, 0.29) is 0 Å². The van der Waals surface area contributed by atoms with Crippen LogP contribution in [-0.2, 0) is 11.2 Å². The van der Waals surface area contributed by atoms with Gasteiger partial charge in [-0.05, 0) is 17.7 Å². The molecule has 1 amide bonds. The van der Waals surface area contributed by atoms with Crippen molar-refractivity contribution in [3.8, 4) is 0 Å². The van der Waals surface area contributed by atoms with E-state index in [0.717, 1.165) is 5.56 Å². The molecule has 1 rings (SSSR count). The minimum absolute atomic E-state index is 0.369. The van der Waals surface area contributed by atoms with Gasteiger partial charge in [0, 0.05) is 16.9 Å². The van der Waals surface area contributed by atoms with Crippen molar-refractivity contribution in [1.29, 1.82) is 0 Å². The Kier molecular flexibility index (Phi) is 3.61. The normalized spacial score (nSPS) is 9.86. The molecule has 1 aromatic carbocycles. The number of carbonyl (C=O) groups excluding carboxylic acids is 1. The lowest BCUT2D eigenvalue weighted by Gasteiger charge is -2.03. The Hall–Kier alpha value is -0.930. The molecule has 0 aromatic heterocycles. The van der Waals surface area contributed by atoms with E-state index in [1.165, 1.54) is 0 Å². The van der Waals surface area contributed by atoms with Crippen molar-refractivity contribution in [2.45, 2.75) is 11.3 Å². The highest BCUT2D eigenvalue weighted by Crippen LogP contribution is 2.22. The zero-order chi connectivity index (χ0) is 10.7. The lowest BCUT2D eigenvalue weighted by atomic mass is 10.1. The van der Waals surface area contributed by atoms with Crippen molar-refractivity contribution >= 4 is 30.1 Å². The molecule has 0 aliphatic heterocycles. The molecule has 0 saturated heterocycles. The molecular weight excluding hydrogens is 218 g/mol. The first-order chi connectivity index (χ1) is 6.50. The van der Waals surface area contributed by atoms with E-state index < -0.39 is 5.91 Å². The second-order valence-corrected chi connectivity index (χ2v) is 3.82. The Morgan fingerprint density at radius 1 is 1.57 bits per heavy atom. The minimum atomic E-state index is -0.490. The maximum atomic E-state index is 10.7. The Morgan fingerprint density at radius 2 is 2.21 bits per heavy atom. The second-order valence-electron chi connectivity index (χ2n) is 2.93. The maximum absolute atomic E-state index is 10.7. The van der Waals surface area contributed by atoms with Gasteiger partial charge in [-0.15, -0.1) is 12.6 Å². The number of hydrogen-bond donors (Lipinski definition) is 2. The number of rotatable bonds is 3. The molecule has 2 N–H and O–H groups in total. The van der Waals surface area contributed by atoms with Crippen molar-refractivity contribution < 1.29 is 4.79 Å². The Balaban J connectivity index is 2.83. The van der Waals surface area contributed by atoms with E-state index in [0.29, 0.717) is 21.9 Å². The SMILES string of the molecule is C=C(Cc1ccc(S)c(Cl)c1)C(N)=O. The minimum Gasteiger partial charge on any atom is -0.366 e. The summed E-state index contributed by atoms with van der Waals surface area (Å²) in [4.78, 5) is 11.4. The summed E-state index contributed by atoms with van der Waals surface area (Å²) >= 11 is 9.98. The van der Waals surface area contributed by atoms with Gasteiger partial charge in [-0.2, -0.15) is 0 Å². The van der Waals surface area contributed by atoms with Gasteiger partial charge in [0.05, 0.1) is 5.02 Å². The summed E-state index contributed by atoms with van der Waals surface area (Å²) < 4.78 is 0. The number of carbonyl (C=O) groups is 1. The van der Waals surface area contributed by atoms with Gasteiger partial charge in [0.1, 0.15) is 0 Å². The van der Waals surface area contributed by atoms with Gasteiger partial charge in [0.2, 0.25) is 5.91 Å². The van der Waals surface area contributed by atoms with Crippen LogP contribution in [0.3, 0.4) is 0 Å². The van der Waals surface area contributed by atoms with Crippen LogP contribution in [0.1, 0.15) is 5.56 Å². The fourth-order valence-electron chi connectivity index (χ4n) is 0.994. The lowest BCUT2D eigenvalue weighted by molar-refractivity contribution is -0.114. The molecule has 0 bridgehead atoms. The summed E-state index contributed by atoms with van der Waals surface area (Å²) in [7, 11) is 0. The van der Waals surface area contributed by atoms with Crippen molar-refractivity contribution in [2.75, 3.05) is 0 Å². The van der Waals surface area contributed by atoms with Crippen LogP contribution in [0.4, 0.5) is 0 Å². The van der Waals surface area contributed by atoms with E-state index in [1.54, 1.807) is 12.1 Å². The first kappa shape index (κ1) is 11.1. The van der Waals surface area contributed by atoms with Gasteiger partial charge in [0.25, 0.3) is 0 Å². The monoisotopic (exact) mass is 227 g/mol. The quantitative estimate of drug-likeness (QED) is 0.604. The predicted octanol–water partition coefficient (Wildman–Crippen LogP) is 2.21. The third-order valence-electron chi connectivity index (χ3n) is 1.78. The molecule has 0 atom stereocenters. The molecule has 0 spiro atoms. The summed E-state index contributed by atoms with van der Waals surface area (Å²) in [5.41, 5.74) is 6.33. The van der Waals surface area contributed by atoms with Gasteiger partial charge in [-0.1, -0.05) is 24.2 Å². The molecule has 0 saturated carbocycles. The van der Waals surface area contributed by atoms with Crippen molar-refractivity contribution in [3.63, 3.8) is 0 Å². The molecule has 0 heterocycles. The summed E-state index contributed by atoms with van der Waals surface area (Å²) in [6.07, 6.45) is 0.420. The number of hydrogen-bond acceptors (Lipinski definition) is 2. The van der Waals surface area contributed by atoms with Gasteiger partial charge >= 0.3 is 0 Å². The van der Waals surface area contributed by atoms with Crippen molar-refractivity contribution in [3.05, 3.63) is 40.9 Å². The highest BCUT2D eigenvalue weighted by molar-refractivity contribution is 7.80. The molecule has 0 radical (unpaired) electrons. The summed E-state index contributed by atoms with van der Waals surface area (Å²) in [6.45, 7) is 3.56. The van der Waals surface area contributed by atoms with E-state index in [2.05, 4.69) is 19.2 Å². The van der Waals surface area contributed by atoms with Crippen LogP contribution in [0.2, 0.25) is 5.02 Å².